The molecule has 0 fully saturated rings. The van der Waals surface area contributed by atoms with Gasteiger partial charge >= 0.3 is 6.18 Å². The lowest BCUT2D eigenvalue weighted by molar-refractivity contribution is -0.0874. The minimum absolute atomic E-state index is 0.407. The van der Waals surface area contributed by atoms with Crippen LogP contribution in [0.1, 0.15) is 24.7 Å². The number of fused-ring (bicyclic) bond motifs is 1. The van der Waals surface area contributed by atoms with Crippen LogP contribution in [0.3, 0.4) is 0 Å². The van der Waals surface area contributed by atoms with Crippen LogP contribution in [0.4, 0.5) is 13.2 Å². The smallest absolute Gasteiger partial charge is 0.330 e. The number of thioether (sulfide) groups is 1. The SMILES string of the molecule is CSc1ccccc1-c1nc2c(n1C)CCC(C)=CC(C(F)(F)F)=C2. The predicted molar refractivity (Wildman–Crippen MR) is 96.5 cm³/mol. The van der Waals surface area contributed by atoms with Gasteiger partial charge in [0, 0.05) is 23.2 Å². The van der Waals surface area contributed by atoms with Crippen LogP contribution in [0.25, 0.3) is 17.5 Å². The van der Waals surface area contributed by atoms with Gasteiger partial charge in [-0.2, -0.15) is 13.2 Å². The molecule has 0 bridgehead atoms. The van der Waals surface area contributed by atoms with Gasteiger partial charge in [-0.3, -0.25) is 0 Å². The van der Waals surface area contributed by atoms with Crippen molar-refractivity contribution in [2.45, 2.75) is 30.8 Å². The fourth-order valence-electron chi connectivity index (χ4n) is 3.04. The van der Waals surface area contributed by atoms with Gasteiger partial charge in [0.1, 0.15) is 5.82 Å². The molecule has 0 saturated carbocycles. The highest BCUT2D eigenvalue weighted by atomic mass is 32.2. The van der Waals surface area contributed by atoms with Crippen molar-refractivity contribution in [2.24, 2.45) is 7.05 Å². The molecule has 0 aliphatic heterocycles. The first-order valence-corrected chi connectivity index (χ1v) is 9.18. The summed E-state index contributed by atoms with van der Waals surface area (Å²) in [5, 5.41) is 0. The Bertz CT molecular complexity index is 860. The molecule has 2 nitrogen and oxygen atoms in total. The summed E-state index contributed by atoms with van der Waals surface area (Å²) in [4.78, 5) is 5.62. The van der Waals surface area contributed by atoms with E-state index >= 15 is 0 Å². The molecule has 3 rings (SSSR count). The lowest BCUT2D eigenvalue weighted by Crippen LogP contribution is -2.12. The Morgan fingerprint density at radius 3 is 2.52 bits per heavy atom. The first-order chi connectivity index (χ1) is 11.8. The molecule has 0 atom stereocenters. The normalized spacial score (nSPS) is 15.1. The van der Waals surface area contributed by atoms with Crippen LogP contribution in [-0.2, 0) is 13.5 Å². The molecule has 1 aliphatic rings. The van der Waals surface area contributed by atoms with E-state index in [0.717, 1.165) is 21.7 Å². The Morgan fingerprint density at radius 2 is 1.84 bits per heavy atom. The lowest BCUT2D eigenvalue weighted by Gasteiger charge is -2.13. The third-order valence-corrected chi connectivity index (χ3v) is 5.17. The number of hydrogen-bond donors (Lipinski definition) is 0. The van der Waals surface area contributed by atoms with Gasteiger partial charge in [0.2, 0.25) is 0 Å². The molecule has 0 radical (unpaired) electrons. The quantitative estimate of drug-likeness (QED) is 0.641. The molecule has 0 spiro atoms. The Labute approximate surface area is 149 Å². The molecule has 1 aliphatic carbocycles. The van der Waals surface area contributed by atoms with E-state index in [0.29, 0.717) is 24.4 Å². The predicted octanol–water partition coefficient (Wildman–Crippen LogP) is 5.65. The van der Waals surface area contributed by atoms with Gasteiger partial charge in [-0.25, -0.2) is 4.98 Å². The number of imidazole rings is 1. The Balaban J connectivity index is 2.18. The summed E-state index contributed by atoms with van der Waals surface area (Å²) in [6, 6.07) is 7.82. The van der Waals surface area contributed by atoms with Crippen LogP contribution < -0.4 is 0 Å². The number of benzene rings is 1. The number of alkyl halides is 3. The summed E-state index contributed by atoms with van der Waals surface area (Å²) in [5.74, 6) is 0.701. The van der Waals surface area contributed by atoms with E-state index in [1.165, 1.54) is 12.2 Å². The minimum Gasteiger partial charge on any atom is -0.330 e. The molecule has 25 heavy (non-hydrogen) atoms. The minimum atomic E-state index is -4.38. The Morgan fingerprint density at radius 1 is 1.12 bits per heavy atom. The lowest BCUT2D eigenvalue weighted by atomic mass is 10.0. The maximum Gasteiger partial charge on any atom is 0.416 e. The van der Waals surface area contributed by atoms with Crippen molar-refractivity contribution in [2.75, 3.05) is 6.26 Å². The zero-order valence-electron chi connectivity index (χ0n) is 14.3. The summed E-state index contributed by atoms with van der Waals surface area (Å²) in [7, 11) is 1.88. The molecule has 132 valence electrons. The number of rotatable bonds is 2. The van der Waals surface area contributed by atoms with Crippen molar-refractivity contribution in [3.63, 3.8) is 0 Å². The summed E-state index contributed by atoms with van der Waals surface area (Å²) < 4.78 is 41.9. The van der Waals surface area contributed by atoms with Gasteiger partial charge in [-0.05, 0) is 38.2 Å². The molecule has 1 aromatic carbocycles. The van der Waals surface area contributed by atoms with Crippen molar-refractivity contribution in [3.05, 3.63) is 52.9 Å². The zero-order valence-corrected chi connectivity index (χ0v) is 15.1. The van der Waals surface area contributed by atoms with Gasteiger partial charge in [0.05, 0.1) is 11.3 Å². The second-order valence-corrected chi connectivity index (χ2v) is 6.96. The number of allylic oxidation sites excluding steroid dienone is 3. The van der Waals surface area contributed by atoms with Crippen LogP contribution in [-0.4, -0.2) is 22.0 Å². The van der Waals surface area contributed by atoms with Crippen LogP contribution in [0.5, 0.6) is 0 Å². The van der Waals surface area contributed by atoms with Crippen molar-refractivity contribution >= 4 is 17.8 Å². The third kappa shape index (κ3) is 3.54. The fourth-order valence-corrected chi connectivity index (χ4v) is 3.63. The van der Waals surface area contributed by atoms with Crippen molar-refractivity contribution < 1.29 is 13.2 Å². The van der Waals surface area contributed by atoms with Gasteiger partial charge in [-0.1, -0.05) is 29.8 Å². The maximum atomic E-state index is 13.3. The van der Waals surface area contributed by atoms with Gasteiger partial charge in [0.15, 0.2) is 0 Å². The van der Waals surface area contributed by atoms with E-state index in [-0.39, 0.29) is 0 Å². The van der Waals surface area contributed by atoms with Crippen LogP contribution in [0.2, 0.25) is 0 Å². The van der Waals surface area contributed by atoms with Crippen molar-refractivity contribution in [1.82, 2.24) is 9.55 Å². The molecule has 1 heterocycles. The van der Waals surface area contributed by atoms with Crippen LogP contribution in [0.15, 0.2) is 46.4 Å². The molecule has 6 heteroatoms. The van der Waals surface area contributed by atoms with E-state index in [2.05, 4.69) is 4.98 Å². The largest absolute Gasteiger partial charge is 0.416 e. The van der Waals surface area contributed by atoms with E-state index in [1.807, 2.05) is 42.1 Å². The first kappa shape index (κ1) is 17.9. The standard InChI is InChI=1S/C19H19F3N2S/c1-12-8-9-16-15(11-13(10-12)19(20,21)22)23-18(24(16)2)14-6-4-5-7-17(14)25-3/h4-7,10-11H,8-9H2,1-3H3. The van der Waals surface area contributed by atoms with Gasteiger partial charge < -0.3 is 4.57 Å². The van der Waals surface area contributed by atoms with Crippen molar-refractivity contribution in [3.8, 4) is 11.4 Å². The van der Waals surface area contributed by atoms with Gasteiger partial charge in [0.25, 0.3) is 0 Å². The highest BCUT2D eigenvalue weighted by molar-refractivity contribution is 7.98. The average molecular weight is 364 g/mol. The average Bonchev–Trinajstić information content (AvgIpc) is 2.84. The third-order valence-electron chi connectivity index (χ3n) is 4.37. The monoisotopic (exact) mass is 364 g/mol. The number of halogens is 3. The van der Waals surface area contributed by atoms with E-state index < -0.39 is 11.7 Å². The second kappa shape index (κ2) is 6.75. The molecule has 0 unspecified atom stereocenters. The van der Waals surface area contributed by atoms with Crippen LogP contribution >= 0.6 is 11.8 Å². The van der Waals surface area contributed by atoms with E-state index in [1.54, 1.807) is 18.7 Å². The maximum absolute atomic E-state index is 13.3. The number of nitrogens with zero attached hydrogens (tertiary/aromatic N) is 2. The van der Waals surface area contributed by atoms with E-state index in [9.17, 15) is 13.2 Å². The van der Waals surface area contributed by atoms with Gasteiger partial charge in [-0.15, -0.1) is 11.8 Å². The molecule has 1 aromatic heterocycles. The fraction of sp³-hybridized carbons (Fsp3) is 0.316. The summed E-state index contributed by atoms with van der Waals surface area (Å²) in [6.07, 6.45) is 1.25. The summed E-state index contributed by atoms with van der Waals surface area (Å²) in [6.45, 7) is 1.74. The van der Waals surface area contributed by atoms with Crippen LogP contribution in [0, 0.1) is 0 Å². The topological polar surface area (TPSA) is 17.8 Å². The molecular formula is C19H19F3N2S. The Kier molecular flexibility index (Phi) is 4.82. The molecular weight excluding hydrogens is 345 g/mol. The Hall–Kier alpha value is -1.95. The summed E-state index contributed by atoms with van der Waals surface area (Å²) in [5.41, 5.74) is 2.26. The molecule has 0 saturated heterocycles. The first-order valence-electron chi connectivity index (χ1n) is 7.96. The molecule has 0 amide bonds. The molecule has 0 N–H and O–H groups in total. The highest BCUT2D eigenvalue weighted by Gasteiger charge is 2.33. The zero-order chi connectivity index (χ0) is 18.2. The number of hydrogen-bond acceptors (Lipinski definition) is 2. The highest BCUT2D eigenvalue weighted by Crippen LogP contribution is 2.35. The number of aromatic nitrogens is 2. The second-order valence-electron chi connectivity index (χ2n) is 6.11. The van der Waals surface area contributed by atoms with E-state index in [4.69, 9.17) is 0 Å². The molecule has 2 aromatic rings. The van der Waals surface area contributed by atoms with Crippen molar-refractivity contribution in [1.29, 1.82) is 0 Å². The summed E-state index contributed by atoms with van der Waals surface area (Å²) >= 11 is 1.60.